The lowest BCUT2D eigenvalue weighted by Gasteiger charge is -2.32. The van der Waals surface area contributed by atoms with Gasteiger partial charge in [0.1, 0.15) is 0 Å². The first kappa shape index (κ1) is 20.5. The van der Waals surface area contributed by atoms with Crippen molar-refractivity contribution in [3.63, 3.8) is 0 Å². The average molecular weight is 390 g/mol. The summed E-state index contributed by atoms with van der Waals surface area (Å²) in [6, 6.07) is 21.8. The molecule has 26 heavy (non-hydrogen) atoms. The number of imidazole rings is 1. The van der Waals surface area contributed by atoms with Crippen LogP contribution in [0.4, 0.5) is 0 Å². The maximum absolute atomic E-state index is 4.60. The molecule has 1 aromatic heterocycles. The zero-order valence-corrected chi connectivity index (χ0v) is 16.3. The molecule has 1 aliphatic rings. The minimum absolute atomic E-state index is 0. The number of hydrogen-bond acceptors (Lipinski definition) is 2. The van der Waals surface area contributed by atoms with Crippen LogP contribution in [0.2, 0.25) is 0 Å². The Morgan fingerprint density at radius 3 is 2.12 bits per heavy atom. The topological polar surface area (TPSA) is 21.1 Å². The number of benzene rings is 2. The van der Waals surface area contributed by atoms with E-state index < -0.39 is 0 Å². The molecular formula is C21H25Cl2N3. The molecule has 3 aromatic rings. The number of likely N-dealkylation sites (tertiary alicyclic amines) is 1. The molecule has 0 bridgehead atoms. The second-order valence-electron chi connectivity index (χ2n) is 6.57. The van der Waals surface area contributed by atoms with Gasteiger partial charge in [0.2, 0.25) is 0 Å². The highest BCUT2D eigenvalue weighted by Gasteiger charge is 2.20. The number of hydrogen-bond donors (Lipinski definition) is 0. The van der Waals surface area contributed by atoms with E-state index in [1.165, 1.54) is 24.0 Å². The zero-order valence-electron chi connectivity index (χ0n) is 14.7. The summed E-state index contributed by atoms with van der Waals surface area (Å²) in [6.45, 7) is 3.36. The fraction of sp³-hybridized carbons (Fsp3) is 0.286. The molecule has 0 saturated carbocycles. The molecule has 0 unspecified atom stereocenters. The second-order valence-corrected chi connectivity index (χ2v) is 6.57. The summed E-state index contributed by atoms with van der Waals surface area (Å²) in [4.78, 5) is 7.15. The van der Waals surface area contributed by atoms with Gasteiger partial charge in [-0.05, 0) is 18.4 Å². The van der Waals surface area contributed by atoms with Crippen molar-refractivity contribution in [2.45, 2.75) is 25.4 Å². The van der Waals surface area contributed by atoms with Gasteiger partial charge in [-0.15, -0.1) is 24.8 Å². The molecule has 1 saturated heterocycles. The smallest absolute Gasteiger partial charge is 0.0956 e. The van der Waals surface area contributed by atoms with Gasteiger partial charge in [0.15, 0.2) is 0 Å². The number of nitrogens with zero attached hydrogens (tertiary/aromatic N) is 3. The quantitative estimate of drug-likeness (QED) is 0.608. The third kappa shape index (κ3) is 4.88. The van der Waals surface area contributed by atoms with Crippen LogP contribution in [-0.4, -0.2) is 27.5 Å². The van der Waals surface area contributed by atoms with Crippen LogP contribution in [0.25, 0.3) is 11.3 Å². The van der Waals surface area contributed by atoms with Crippen molar-refractivity contribution in [3.8, 4) is 11.3 Å². The van der Waals surface area contributed by atoms with Gasteiger partial charge >= 0.3 is 0 Å². The lowest BCUT2D eigenvalue weighted by atomic mass is 10.0. The standard InChI is InChI=1S/C21H23N3.2ClH/c1-3-7-18(8-4-1)15-23-13-11-20(12-14-23)24-16-21(22-17-24)19-9-5-2-6-10-19;;/h1-10,16-17,20H,11-15H2;2*1H. The second kappa shape index (κ2) is 9.77. The summed E-state index contributed by atoms with van der Waals surface area (Å²) in [5, 5.41) is 0. The van der Waals surface area contributed by atoms with Crippen LogP contribution in [0, 0.1) is 0 Å². The largest absolute Gasteiger partial charge is 0.334 e. The van der Waals surface area contributed by atoms with E-state index in [-0.39, 0.29) is 24.8 Å². The van der Waals surface area contributed by atoms with Crippen molar-refractivity contribution in [1.29, 1.82) is 0 Å². The normalized spacial score (nSPS) is 15.1. The van der Waals surface area contributed by atoms with Crippen molar-refractivity contribution in [2.24, 2.45) is 0 Å². The lowest BCUT2D eigenvalue weighted by Crippen LogP contribution is -2.33. The van der Waals surface area contributed by atoms with Crippen molar-refractivity contribution < 1.29 is 0 Å². The van der Waals surface area contributed by atoms with Crippen molar-refractivity contribution in [1.82, 2.24) is 14.5 Å². The van der Waals surface area contributed by atoms with E-state index in [1.807, 2.05) is 12.4 Å². The monoisotopic (exact) mass is 389 g/mol. The average Bonchev–Trinajstić information content (AvgIpc) is 3.14. The molecule has 5 heteroatoms. The molecule has 0 radical (unpaired) electrons. The molecule has 0 N–H and O–H groups in total. The fourth-order valence-electron chi connectivity index (χ4n) is 3.51. The first-order valence-electron chi connectivity index (χ1n) is 8.74. The first-order valence-corrected chi connectivity index (χ1v) is 8.74. The van der Waals surface area contributed by atoms with Gasteiger partial charge in [-0.3, -0.25) is 4.90 Å². The zero-order chi connectivity index (χ0) is 16.2. The van der Waals surface area contributed by atoms with Gasteiger partial charge in [0.25, 0.3) is 0 Å². The Bertz CT molecular complexity index is 766. The van der Waals surface area contributed by atoms with E-state index in [0.717, 1.165) is 25.3 Å². The molecule has 1 fully saturated rings. The molecule has 3 nitrogen and oxygen atoms in total. The van der Waals surface area contributed by atoms with Gasteiger partial charge < -0.3 is 4.57 Å². The summed E-state index contributed by atoms with van der Waals surface area (Å²) in [7, 11) is 0. The van der Waals surface area contributed by atoms with E-state index in [9.17, 15) is 0 Å². The van der Waals surface area contributed by atoms with Crippen molar-refractivity contribution >= 4 is 24.8 Å². The Morgan fingerprint density at radius 1 is 0.846 bits per heavy atom. The highest BCUT2D eigenvalue weighted by atomic mass is 35.5. The van der Waals surface area contributed by atoms with Crippen molar-refractivity contribution in [2.75, 3.05) is 13.1 Å². The van der Waals surface area contributed by atoms with E-state index >= 15 is 0 Å². The first-order chi connectivity index (χ1) is 11.9. The predicted molar refractivity (Wildman–Crippen MR) is 112 cm³/mol. The summed E-state index contributed by atoms with van der Waals surface area (Å²) in [6.07, 6.45) is 6.58. The maximum Gasteiger partial charge on any atom is 0.0956 e. The Balaban J connectivity index is 0.00000121. The molecule has 2 heterocycles. The summed E-state index contributed by atoms with van der Waals surface area (Å²) < 4.78 is 2.31. The summed E-state index contributed by atoms with van der Waals surface area (Å²) >= 11 is 0. The molecule has 1 aliphatic heterocycles. The predicted octanol–water partition coefficient (Wildman–Crippen LogP) is 5.23. The molecule has 0 atom stereocenters. The lowest BCUT2D eigenvalue weighted by molar-refractivity contribution is 0.179. The van der Waals surface area contributed by atoms with Gasteiger partial charge in [0, 0.05) is 37.4 Å². The fourth-order valence-corrected chi connectivity index (χ4v) is 3.51. The number of rotatable bonds is 4. The van der Waals surface area contributed by atoms with Crippen LogP contribution in [0.1, 0.15) is 24.4 Å². The van der Waals surface area contributed by atoms with Crippen LogP contribution >= 0.6 is 24.8 Å². The van der Waals surface area contributed by atoms with Crippen LogP contribution in [0.3, 0.4) is 0 Å². The third-order valence-corrected chi connectivity index (χ3v) is 4.90. The van der Waals surface area contributed by atoms with Gasteiger partial charge in [-0.25, -0.2) is 4.98 Å². The molecule has 138 valence electrons. The SMILES string of the molecule is Cl.Cl.c1ccc(CN2CCC(n3cnc(-c4ccccc4)c3)CC2)cc1. The number of piperidine rings is 1. The Hall–Kier alpha value is -1.81. The van der Waals surface area contributed by atoms with Crippen LogP contribution in [0.5, 0.6) is 0 Å². The van der Waals surface area contributed by atoms with Crippen LogP contribution in [-0.2, 0) is 6.54 Å². The maximum atomic E-state index is 4.60. The Kier molecular flexibility index (Phi) is 7.70. The molecule has 2 aromatic carbocycles. The van der Waals surface area contributed by atoms with Gasteiger partial charge in [-0.2, -0.15) is 0 Å². The highest BCUT2D eigenvalue weighted by Crippen LogP contribution is 2.26. The minimum atomic E-state index is 0. The summed E-state index contributed by atoms with van der Waals surface area (Å²) in [5.41, 5.74) is 3.67. The molecule has 0 aliphatic carbocycles. The van der Waals surface area contributed by atoms with E-state index in [0.29, 0.717) is 6.04 Å². The van der Waals surface area contributed by atoms with Gasteiger partial charge in [0.05, 0.1) is 12.0 Å². The highest BCUT2D eigenvalue weighted by molar-refractivity contribution is 5.85. The molecule has 4 rings (SSSR count). The van der Waals surface area contributed by atoms with Crippen LogP contribution in [0.15, 0.2) is 73.2 Å². The van der Waals surface area contributed by atoms with Gasteiger partial charge in [-0.1, -0.05) is 60.7 Å². The Morgan fingerprint density at radius 2 is 1.46 bits per heavy atom. The van der Waals surface area contributed by atoms with E-state index in [2.05, 4.69) is 75.2 Å². The van der Waals surface area contributed by atoms with Crippen LogP contribution < -0.4 is 0 Å². The minimum Gasteiger partial charge on any atom is -0.334 e. The molecule has 0 amide bonds. The van der Waals surface area contributed by atoms with E-state index in [4.69, 9.17) is 0 Å². The number of aromatic nitrogens is 2. The van der Waals surface area contributed by atoms with Crippen molar-refractivity contribution in [3.05, 3.63) is 78.8 Å². The number of halogens is 2. The Labute approximate surface area is 167 Å². The van der Waals surface area contributed by atoms with E-state index in [1.54, 1.807) is 0 Å². The molecule has 0 spiro atoms. The summed E-state index contributed by atoms with van der Waals surface area (Å²) in [5.74, 6) is 0. The molecular weight excluding hydrogens is 365 g/mol. The third-order valence-electron chi connectivity index (χ3n) is 4.90.